The van der Waals surface area contributed by atoms with E-state index in [9.17, 15) is 16.8 Å². The second-order valence-corrected chi connectivity index (χ2v) is 14.3. The Kier molecular flexibility index (Phi) is 12.1. The van der Waals surface area contributed by atoms with Crippen LogP contribution in [0, 0.1) is 0 Å². The molecule has 0 amide bonds. The van der Waals surface area contributed by atoms with Crippen molar-refractivity contribution in [3.63, 3.8) is 0 Å². The van der Waals surface area contributed by atoms with Gasteiger partial charge in [-0.15, -0.1) is 0 Å². The minimum atomic E-state index is -4.74. The van der Waals surface area contributed by atoms with E-state index in [0.717, 1.165) is 15.9 Å². The second-order valence-electron chi connectivity index (χ2n) is 7.65. The summed E-state index contributed by atoms with van der Waals surface area (Å²) in [7, 11) is -12.6. The number of aliphatic imine (C=N–C) groups is 1. The molecule has 0 saturated heterocycles. The van der Waals surface area contributed by atoms with Crippen molar-refractivity contribution >= 4 is 49.5 Å². The molecule has 0 fully saturated rings. The number of halogens is 1. The Labute approximate surface area is 236 Å². The van der Waals surface area contributed by atoms with E-state index < -0.39 is 38.2 Å². The fourth-order valence-electron chi connectivity index (χ4n) is 3.81. The van der Waals surface area contributed by atoms with E-state index in [-0.39, 0.29) is 36.7 Å². The van der Waals surface area contributed by atoms with Crippen LogP contribution in [0.4, 0.5) is 0 Å². The zero-order valence-corrected chi connectivity index (χ0v) is 25.4. The Morgan fingerprint density at radius 1 is 0.684 bits per heavy atom. The van der Waals surface area contributed by atoms with Gasteiger partial charge in [0.1, 0.15) is 15.9 Å². The summed E-state index contributed by atoms with van der Waals surface area (Å²) < 4.78 is 67.2. The van der Waals surface area contributed by atoms with Crippen LogP contribution in [0.15, 0.2) is 96.0 Å². The molecule has 0 radical (unpaired) electrons. The first-order valence-electron chi connectivity index (χ1n) is 11.8. The smallest absolute Gasteiger partial charge is 0.296 e. The summed E-state index contributed by atoms with van der Waals surface area (Å²) in [5.41, 5.74) is 0. The van der Waals surface area contributed by atoms with Crippen molar-refractivity contribution in [1.82, 2.24) is 0 Å². The molecule has 0 atom stereocenters. The highest BCUT2D eigenvalue weighted by Crippen LogP contribution is 2.57. The molecule has 0 heterocycles. The predicted octanol–water partition coefficient (Wildman–Crippen LogP) is 0.393. The summed E-state index contributed by atoms with van der Waals surface area (Å²) >= 11 is 0. The summed E-state index contributed by atoms with van der Waals surface area (Å²) in [4.78, 5) is 4.29. The molecule has 38 heavy (non-hydrogen) atoms. The van der Waals surface area contributed by atoms with Gasteiger partial charge in [-0.05, 0) is 57.2 Å². The number of hydrogen-bond donors (Lipinski definition) is 0. The Morgan fingerprint density at radius 2 is 1.03 bits per heavy atom. The van der Waals surface area contributed by atoms with Crippen LogP contribution >= 0.6 is 7.49 Å². The third-order valence-electron chi connectivity index (χ3n) is 5.19. The number of hydrogen-bond acceptors (Lipinski definition) is 8. The molecule has 206 valence electrons. The Balaban J connectivity index is 0.00000507. The monoisotopic (exact) mass is 643 g/mol. The van der Waals surface area contributed by atoms with E-state index in [4.69, 9.17) is 12.9 Å². The Bertz CT molecular complexity index is 1260. The minimum Gasteiger partial charge on any atom is -1.00 e. The van der Waals surface area contributed by atoms with Crippen molar-refractivity contribution in [2.24, 2.45) is 4.99 Å². The lowest BCUT2D eigenvalue weighted by atomic mass is 10.4. The van der Waals surface area contributed by atoms with Crippen LogP contribution in [0.3, 0.4) is 0 Å². The average molecular weight is 645 g/mol. The lowest BCUT2D eigenvalue weighted by Gasteiger charge is -2.28. The maximum absolute atomic E-state index is 13.2. The van der Waals surface area contributed by atoms with E-state index in [1.165, 1.54) is 13.8 Å². The minimum absolute atomic E-state index is 0. The van der Waals surface area contributed by atoms with E-state index >= 15 is 0 Å². The highest BCUT2D eigenvalue weighted by molar-refractivity contribution is 8.06. The van der Waals surface area contributed by atoms with Crippen molar-refractivity contribution in [1.29, 1.82) is 0 Å². The van der Waals surface area contributed by atoms with Gasteiger partial charge in [-0.2, -0.15) is 16.8 Å². The predicted molar refractivity (Wildman–Crippen MR) is 149 cm³/mol. The first kappa shape index (κ1) is 32.1. The summed E-state index contributed by atoms with van der Waals surface area (Å²) in [6.07, 6.45) is 0. The van der Waals surface area contributed by atoms with Gasteiger partial charge in [0.15, 0.2) is 0 Å². The molecule has 0 spiro atoms. The zero-order chi connectivity index (χ0) is 26.9. The van der Waals surface area contributed by atoms with Gasteiger partial charge >= 0.3 is 0 Å². The van der Waals surface area contributed by atoms with Crippen molar-refractivity contribution in [3.8, 4) is 0 Å². The van der Waals surface area contributed by atoms with Gasteiger partial charge in [-0.3, -0.25) is 8.37 Å². The molecule has 0 bridgehead atoms. The molecule has 0 aromatic heterocycles. The highest BCUT2D eigenvalue weighted by Gasteiger charge is 2.55. The SMILES string of the molecule is CCN=C(O[P+](c1ccccc1)(c1ccccc1)c1ccccc1)C(S(=O)(=O)OCC)S(=O)(=O)OCC.[Br-]. The normalized spacial score (nSPS) is 12.7. The maximum atomic E-state index is 13.2. The topological polar surface area (TPSA) is 108 Å². The summed E-state index contributed by atoms with van der Waals surface area (Å²) in [6.45, 7) is 4.10. The van der Waals surface area contributed by atoms with Crippen molar-refractivity contribution in [2.45, 2.75) is 25.4 Å². The first-order chi connectivity index (χ1) is 17.7. The van der Waals surface area contributed by atoms with Crippen molar-refractivity contribution < 1.29 is 46.7 Å². The molecule has 3 aromatic rings. The molecular formula is C26H31BrNO7PS2. The van der Waals surface area contributed by atoms with Gasteiger partial charge in [-0.25, -0.2) is 4.99 Å². The largest absolute Gasteiger partial charge is 1.00 e. The lowest BCUT2D eigenvalue weighted by molar-refractivity contribution is -0.0000165. The zero-order valence-electron chi connectivity index (χ0n) is 21.3. The average Bonchev–Trinajstić information content (AvgIpc) is 2.88. The van der Waals surface area contributed by atoms with Crippen LogP contribution in [0.5, 0.6) is 0 Å². The molecule has 0 aliphatic heterocycles. The quantitative estimate of drug-likeness (QED) is 0.122. The fraction of sp³-hybridized carbons (Fsp3) is 0.269. The number of benzene rings is 3. The third kappa shape index (κ3) is 7.08. The molecule has 8 nitrogen and oxygen atoms in total. The van der Waals surface area contributed by atoms with Crippen LogP contribution in [-0.4, -0.2) is 47.1 Å². The molecule has 3 rings (SSSR count). The lowest BCUT2D eigenvalue weighted by Crippen LogP contribution is -3.00. The maximum Gasteiger partial charge on any atom is 0.296 e. The second kappa shape index (κ2) is 14.3. The van der Waals surface area contributed by atoms with E-state index in [2.05, 4.69) is 4.99 Å². The van der Waals surface area contributed by atoms with Crippen molar-refractivity contribution in [3.05, 3.63) is 91.0 Å². The van der Waals surface area contributed by atoms with E-state index in [1.54, 1.807) is 6.92 Å². The Hall–Kier alpha value is -2.14. The number of rotatable bonds is 12. The van der Waals surface area contributed by atoms with Gasteiger partial charge in [0, 0.05) is 6.54 Å². The standard InChI is InChI=1S/C26H31NO7PS2.BrH/c1-4-27-25(26(36(28,29)32-5-2)37(30,31)33-6-3)34-35(22-16-10-7-11-17-22,23-18-12-8-13-19-23)24-20-14-9-15-21-24;/h7-21,26H,4-6H2,1-3H3;1H/q+1;/p-1. The van der Waals surface area contributed by atoms with Gasteiger partial charge in [0.05, 0.1) is 13.2 Å². The first-order valence-corrected chi connectivity index (χ1v) is 16.4. The molecule has 12 heteroatoms. The molecular weight excluding hydrogens is 613 g/mol. The van der Waals surface area contributed by atoms with Gasteiger partial charge in [0.2, 0.25) is 0 Å². The molecule has 0 unspecified atom stereocenters. The van der Waals surface area contributed by atoms with Crippen LogP contribution in [0.1, 0.15) is 20.8 Å². The molecule has 0 aliphatic rings. The van der Waals surface area contributed by atoms with Crippen molar-refractivity contribution in [2.75, 3.05) is 19.8 Å². The van der Waals surface area contributed by atoms with Crippen LogP contribution in [-0.2, 0) is 33.1 Å². The molecule has 0 saturated carbocycles. The van der Waals surface area contributed by atoms with E-state index in [1.807, 2.05) is 91.0 Å². The summed E-state index contributed by atoms with van der Waals surface area (Å²) in [5, 5.41) is 2.24. The van der Waals surface area contributed by atoms with Crippen LogP contribution < -0.4 is 32.9 Å². The summed E-state index contributed by atoms with van der Waals surface area (Å²) in [5.74, 6) is -0.505. The molecule has 3 aromatic carbocycles. The van der Waals surface area contributed by atoms with Crippen LogP contribution in [0.25, 0.3) is 0 Å². The van der Waals surface area contributed by atoms with E-state index in [0.29, 0.717) is 0 Å². The molecule has 0 N–H and O–H groups in total. The van der Waals surface area contributed by atoms with Gasteiger partial charge in [-0.1, -0.05) is 54.6 Å². The fourth-order valence-corrected chi connectivity index (χ4v) is 10.5. The van der Waals surface area contributed by atoms with Gasteiger partial charge in [0.25, 0.3) is 38.2 Å². The number of nitrogens with zero attached hydrogens (tertiary/aromatic N) is 1. The van der Waals surface area contributed by atoms with Gasteiger partial charge < -0.3 is 21.5 Å². The Morgan fingerprint density at radius 3 is 1.32 bits per heavy atom. The molecule has 0 aliphatic carbocycles. The van der Waals surface area contributed by atoms with Crippen LogP contribution in [0.2, 0.25) is 0 Å². The summed E-state index contributed by atoms with van der Waals surface area (Å²) in [6, 6.07) is 27.9. The highest BCUT2D eigenvalue weighted by atomic mass is 79.9. The third-order valence-corrected chi connectivity index (χ3v) is 12.7.